The van der Waals surface area contributed by atoms with Crippen molar-refractivity contribution in [2.75, 3.05) is 31.2 Å². The zero-order valence-electron chi connectivity index (χ0n) is 16.7. The number of fused-ring (bicyclic) bond motifs is 1. The van der Waals surface area contributed by atoms with E-state index in [2.05, 4.69) is 43.0 Å². The smallest absolute Gasteiger partial charge is 0.128 e. The number of morpholine rings is 1. The second-order valence-corrected chi connectivity index (χ2v) is 7.64. The molecule has 1 aromatic carbocycles. The molecule has 1 aliphatic rings. The fraction of sp³-hybridized carbons (Fsp3) is 0.261. The van der Waals surface area contributed by atoms with Crippen LogP contribution in [0.1, 0.15) is 18.2 Å². The number of aromatic nitrogens is 4. The highest BCUT2D eigenvalue weighted by molar-refractivity contribution is 5.93. The first-order valence-electron chi connectivity index (χ1n) is 10.0. The number of anilines is 1. The fourth-order valence-electron chi connectivity index (χ4n) is 3.92. The molecule has 0 radical (unpaired) electrons. The Labute approximate surface area is 174 Å². The van der Waals surface area contributed by atoms with Crippen LogP contribution in [0.5, 0.6) is 0 Å². The second kappa shape index (κ2) is 7.51. The minimum Gasteiger partial charge on any atom is -0.379 e. The predicted molar refractivity (Wildman–Crippen MR) is 115 cm³/mol. The zero-order valence-corrected chi connectivity index (χ0v) is 16.7. The molecule has 0 spiro atoms. The van der Waals surface area contributed by atoms with Crippen molar-refractivity contribution in [3.63, 3.8) is 0 Å². The van der Waals surface area contributed by atoms with Crippen LogP contribution in [0.4, 0.5) is 5.69 Å². The number of rotatable bonds is 4. The van der Waals surface area contributed by atoms with Crippen molar-refractivity contribution in [2.24, 2.45) is 0 Å². The summed E-state index contributed by atoms with van der Waals surface area (Å²) in [5.74, 6) is 0. The summed E-state index contributed by atoms with van der Waals surface area (Å²) in [6, 6.07) is 11.9. The van der Waals surface area contributed by atoms with Crippen LogP contribution in [0.25, 0.3) is 22.2 Å². The van der Waals surface area contributed by atoms with Gasteiger partial charge in [-0.2, -0.15) is 0 Å². The first-order valence-corrected chi connectivity index (χ1v) is 10.0. The van der Waals surface area contributed by atoms with Crippen molar-refractivity contribution in [3.8, 4) is 11.3 Å². The van der Waals surface area contributed by atoms with E-state index in [0.29, 0.717) is 11.3 Å². The van der Waals surface area contributed by atoms with Gasteiger partial charge < -0.3 is 19.7 Å². The molecule has 3 aromatic heterocycles. The predicted octanol–water partition coefficient (Wildman–Crippen LogP) is 3.11. The number of hydrogen-bond acceptors (Lipinski definition) is 6. The zero-order chi connectivity index (χ0) is 20.6. The molecule has 1 unspecified atom stereocenters. The Bertz CT molecular complexity index is 1170. The highest BCUT2D eigenvalue weighted by Crippen LogP contribution is 2.32. The molecule has 5 rings (SSSR count). The summed E-state index contributed by atoms with van der Waals surface area (Å²) in [6.07, 6.45) is 6.83. The van der Waals surface area contributed by atoms with Gasteiger partial charge in [0.1, 0.15) is 11.9 Å². The Morgan fingerprint density at radius 1 is 1.10 bits per heavy atom. The van der Waals surface area contributed by atoms with Gasteiger partial charge in [-0.15, -0.1) is 0 Å². The SMILES string of the molecule is CC(O)(c1cncc(-c2ncnc3cc(N4CCOCC4)ccc23)c1)c1ccc[nH]1. The van der Waals surface area contributed by atoms with E-state index >= 15 is 0 Å². The van der Waals surface area contributed by atoms with Crippen molar-refractivity contribution >= 4 is 16.6 Å². The maximum Gasteiger partial charge on any atom is 0.128 e. The number of pyridine rings is 1. The molecule has 1 fully saturated rings. The van der Waals surface area contributed by atoms with E-state index in [-0.39, 0.29) is 0 Å². The summed E-state index contributed by atoms with van der Waals surface area (Å²) >= 11 is 0. The molecule has 30 heavy (non-hydrogen) atoms. The van der Waals surface area contributed by atoms with Gasteiger partial charge >= 0.3 is 0 Å². The number of aromatic amines is 1. The second-order valence-electron chi connectivity index (χ2n) is 7.64. The number of ether oxygens (including phenoxy) is 1. The van der Waals surface area contributed by atoms with Gasteiger partial charge in [-0.05, 0) is 43.3 Å². The van der Waals surface area contributed by atoms with Gasteiger partial charge in [0.2, 0.25) is 0 Å². The lowest BCUT2D eigenvalue weighted by molar-refractivity contribution is 0.0976. The number of hydrogen-bond donors (Lipinski definition) is 2. The summed E-state index contributed by atoms with van der Waals surface area (Å²) in [4.78, 5) is 18.8. The van der Waals surface area contributed by atoms with Gasteiger partial charge in [0, 0.05) is 53.9 Å². The van der Waals surface area contributed by atoms with E-state index in [0.717, 1.165) is 54.2 Å². The average Bonchev–Trinajstić information content (AvgIpc) is 3.35. The number of aliphatic hydroxyl groups is 1. The lowest BCUT2D eigenvalue weighted by Gasteiger charge is -2.29. The summed E-state index contributed by atoms with van der Waals surface area (Å²) in [5.41, 5.74) is 3.88. The third-order valence-electron chi connectivity index (χ3n) is 5.69. The lowest BCUT2D eigenvalue weighted by Crippen LogP contribution is -2.36. The molecule has 4 aromatic rings. The molecule has 0 amide bonds. The van der Waals surface area contributed by atoms with Gasteiger partial charge in [-0.1, -0.05) is 0 Å². The van der Waals surface area contributed by atoms with E-state index in [1.165, 1.54) is 0 Å². The molecular formula is C23H23N5O2. The third kappa shape index (κ3) is 3.32. The molecule has 1 saturated heterocycles. The highest BCUT2D eigenvalue weighted by Gasteiger charge is 2.27. The van der Waals surface area contributed by atoms with Gasteiger partial charge in [0.05, 0.1) is 30.1 Å². The van der Waals surface area contributed by atoms with Crippen LogP contribution >= 0.6 is 0 Å². The fourth-order valence-corrected chi connectivity index (χ4v) is 3.92. The average molecular weight is 401 g/mol. The van der Waals surface area contributed by atoms with Crippen molar-refractivity contribution in [3.05, 3.63) is 72.6 Å². The molecule has 0 aliphatic carbocycles. The van der Waals surface area contributed by atoms with Gasteiger partial charge in [-0.25, -0.2) is 9.97 Å². The van der Waals surface area contributed by atoms with Crippen molar-refractivity contribution < 1.29 is 9.84 Å². The molecule has 0 saturated carbocycles. The molecule has 1 atom stereocenters. The Hall–Kier alpha value is -3.29. The Balaban J connectivity index is 1.55. The van der Waals surface area contributed by atoms with Crippen LogP contribution in [0.2, 0.25) is 0 Å². The van der Waals surface area contributed by atoms with Gasteiger partial charge in [0.15, 0.2) is 0 Å². The maximum absolute atomic E-state index is 11.1. The number of nitrogens with zero attached hydrogens (tertiary/aromatic N) is 4. The first kappa shape index (κ1) is 18.7. The van der Waals surface area contributed by atoms with Crippen LogP contribution < -0.4 is 4.90 Å². The molecule has 0 bridgehead atoms. The lowest BCUT2D eigenvalue weighted by atomic mass is 9.92. The monoisotopic (exact) mass is 401 g/mol. The van der Waals surface area contributed by atoms with Crippen LogP contribution in [0.3, 0.4) is 0 Å². The number of nitrogens with one attached hydrogen (secondary N) is 1. The van der Waals surface area contributed by atoms with E-state index in [4.69, 9.17) is 4.74 Å². The van der Waals surface area contributed by atoms with E-state index in [1.807, 2.05) is 18.2 Å². The van der Waals surface area contributed by atoms with Gasteiger partial charge in [0.25, 0.3) is 0 Å². The molecule has 2 N–H and O–H groups in total. The number of H-pyrrole nitrogens is 1. The normalized spacial score (nSPS) is 16.5. The number of benzene rings is 1. The minimum absolute atomic E-state index is 0.694. The largest absolute Gasteiger partial charge is 0.379 e. The molecular weight excluding hydrogens is 378 g/mol. The molecule has 7 heteroatoms. The Kier molecular flexibility index (Phi) is 4.69. The molecule has 152 valence electrons. The topological polar surface area (TPSA) is 87.2 Å². The van der Waals surface area contributed by atoms with Crippen LogP contribution in [-0.2, 0) is 10.3 Å². The Morgan fingerprint density at radius 3 is 2.77 bits per heavy atom. The maximum atomic E-state index is 11.1. The van der Waals surface area contributed by atoms with E-state index in [9.17, 15) is 5.11 Å². The van der Waals surface area contributed by atoms with Crippen LogP contribution in [-0.4, -0.2) is 51.3 Å². The standard InChI is InChI=1S/C23H23N5O2/c1-23(29,21-3-2-6-25-21)17-11-16(13-24-14-17)22-19-5-4-18(12-20(19)26-15-27-22)28-7-9-30-10-8-28/h2-6,11-15,25,29H,7-10H2,1H3. The van der Waals surface area contributed by atoms with Gasteiger partial charge in [-0.3, -0.25) is 4.98 Å². The molecule has 7 nitrogen and oxygen atoms in total. The summed E-state index contributed by atoms with van der Waals surface area (Å²) in [6.45, 7) is 5.00. The van der Waals surface area contributed by atoms with Crippen molar-refractivity contribution in [2.45, 2.75) is 12.5 Å². The molecule has 1 aliphatic heterocycles. The van der Waals surface area contributed by atoms with Crippen LogP contribution in [0.15, 0.2) is 61.3 Å². The first-order chi connectivity index (χ1) is 14.6. The van der Waals surface area contributed by atoms with Crippen molar-refractivity contribution in [1.29, 1.82) is 0 Å². The summed E-state index contributed by atoms with van der Waals surface area (Å²) in [7, 11) is 0. The van der Waals surface area contributed by atoms with E-state index < -0.39 is 5.60 Å². The highest BCUT2D eigenvalue weighted by atomic mass is 16.5. The van der Waals surface area contributed by atoms with Crippen molar-refractivity contribution in [1.82, 2.24) is 19.9 Å². The summed E-state index contributed by atoms with van der Waals surface area (Å²) in [5, 5.41) is 12.0. The molecule has 4 heterocycles. The minimum atomic E-state index is -1.18. The quantitative estimate of drug-likeness (QED) is 0.546. The Morgan fingerprint density at radius 2 is 1.97 bits per heavy atom. The third-order valence-corrected chi connectivity index (χ3v) is 5.69. The van der Waals surface area contributed by atoms with Crippen LogP contribution in [0, 0.1) is 0 Å². The van der Waals surface area contributed by atoms with E-state index in [1.54, 1.807) is 31.8 Å². The summed E-state index contributed by atoms with van der Waals surface area (Å²) < 4.78 is 5.45.